The third-order valence-electron chi connectivity index (χ3n) is 3.80. The van der Waals surface area contributed by atoms with Gasteiger partial charge < -0.3 is 14.8 Å². The molecule has 1 aromatic heterocycles. The Hall–Kier alpha value is -3.86. The van der Waals surface area contributed by atoms with Crippen LogP contribution in [0.3, 0.4) is 0 Å². The maximum atomic E-state index is 12.6. The van der Waals surface area contributed by atoms with Crippen LogP contribution in [0.5, 0.6) is 11.5 Å². The quantitative estimate of drug-likeness (QED) is 0.722. The first kappa shape index (κ1) is 17.9. The molecule has 1 amide bonds. The third kappa shape index (κ3) is 4.04. The molecule has 2 aromatic carbocycles. The second kappa shape index (κ2) is 8.01. The van der Waals surface area contributed by atoms with Gasteiger partial charge in [0.15, 0.2) is 12.3 Å². The minimum absolute atomic E-state index is 0.0641. The Bertz CT molecular complexity index is 1010. The SMILES string of the molecule is COc1cccc(-n2nnc(C(=O)Nc3cccc(OCC#N)c3)c2C)c1. The van der Waals surface area contributed by atoms with Crippen LogP contribution < -0.4 is 14.8 Å². The summed E-state index contributed by atoms with van der Waals surface area (Å²) in [4.78, 5) is 12.6. The number of carbonyl (C=O) groups excluding carboxylic acids is 1. The van der Waals surface area contributed by atoms with Gasteiger partial charge in [-0.1, -0.05) is 17.3 Å². The molecule has 0 spiro atoms. The van der Waals surface area contributed by atoms with E-state index in [0.29, 0.717) is 22.9 Å². The number of benzene rings is 2. The highest BCUT2D eigenvalue weighted by molar-refractivity contribution is 6.03. The van der Waals surface area contributed by atoms with Crippen molar-refractivity contribution in [3.8, 4) is 23.3 Å². The lowest BCUT2D eigenvalue weighted by atomic mass is 10.2. The molecule has 0 aliphatic heterocycles. The number of carbonyl (C=O) groups is 1. The molecular weight excluding hydrogens is 346 g/mol. The second-order valence-corrected chi connectivity index (χ2v) is 5.57. The van der Waals surface area contributed by atoms with Crippen molar-refractivity contribution in [1.82, 2.24) is 15.0 Å². The second-order valence-electron chi connectivity index (χ2n) is 5.57. The maximum absolute atomic E-state index is 12.6. The molecule has 0 aliphatic rings. The first-order valence-electron chi connectivity index (χ1n) is 8.10. The van der Waals surface area contributed by atoms with Crippen molar-refractivity contribution in [1.29, 1.82) is 5.26 Å². The van der Waals surface area contributed by atoms with Gasteiger partial charge in [-0.3, -0.25) is 4.79 Å². The number of methoxy groups -OCH3 is 1. The zero-order valence-corrected chi connectivity index (χ0v) is 14.8. The molecule has 8 heteroatoms. The number of hydrogen-bond acceptors (Lipinski definition) is 6. The van der Waals surface area contributed by atoms with Crippen molar-refractivity contribution in [2.24, 2.45) is 0 Å². The highest BCUT2D eigenvalue weighted by atomic mass is 16.5. The van der Waals surface area contributed by atoms with Crippen LogP contribution in [0, 0.1) is 18.3 Å². The zero-order chi connectivity index (χ0) is 19.2. The van der Waals surface area contributed by atoms with Crippen LogP contribution in [0.4, 0.5) is 5.69 Å². The summed E-state index contributed by atoms with van der Waals surface area (Å²) in [6.07, 6.45) is 0. The zero-order valence-electron chi connectivity index (χ0n) is 14.8. The summed E-state index contributed by atoms with van der Waals surface area (Å²) >= 11 is 0. The standard InChI is InChI=1S/C19H17N5O3/c1-13-18(22-23-24(13)15-6-4-7-16(12-15)26-2)19(25)21-14-5-3-8-17(11-14)27-10-9-20/h3-8,11-12H,10H2,1-2H3,(H,21,25). The maximum Gasteiger partial charge on any atom is 0.278 e. The summed E-state index contributed by atoms with van der Waals surface area (Å²) in [6, 6.07) is 16.0. The van der Waals surface area contributed by atoms with E-state index >= 15 is 0 Å². The number of amides is 1. The Labute approximate surface area is 155 Å². The van der Waals surface area contributed by atoms with Crippen molar-refractivity contribution in [3.05, 3.63) is 59.9 Å². The molecule has 27 heavy (non-hydrogen) atoms. The summed E-state index contributed by atoms with van der Waals surface area (Å²) < 4.78 is 12.0. The molecule has 0 saturated heterocycles. The van der Waals surface area contributed by atoms with Gasteiger partial charge in [0.25, 0.3) is 5.91 Å². The van der Waals surface area contributed by atoms with Gasteiger partial charge in [-0.15, -0.1) is 5.10 Å². The molecule has 0 radical (unpaired) electrons. The van der Waals surface area contributed by atoms with E-state index in [2.05, 4.69) is 15.6 Å². The molecule has 0 bridgehead atoms. The molecule has 136 valence electrons. The van der Waals surface area contributed by atoms with Crippen molar-refractivity contribution < 1.29 is 14.3 Å². The Balaban J connectivity index is 1.80. The van der Waals surface area contributed by atoms with E-state index in [9.17, 15) is 4.79 Å². The summed E-state index contributed by atoms with van der Waals surface area (Å²) in [5.74, 6) is 0.785. The molecule has 1 heterocycles. The van der Waals surface area contributed by atoms with Crippen molar-refractivity contribution in [3.63, 3.8) is 0 Å². The van der Waals surface area contributed by atoms with E-state index in [4.69, 9.17) is 14.7 Å². The van der Waals surface area contributed by atoms with Crippen molar-refractivity contribution in [2.45, 2.75) is 6.92 Å². The minimum Gasteiger partial charge on any atom is -0.497 e. The lowest BCUT2D eigenvalue weighted by molar-refractivity contribution is 0.102. The number of nitrogens with one attached hydrogen (secondary N) is 1. The summed E-state index contributed by atoms with van der Waals surface area (Å²) in [5.41, 5.74) is 2.08. The molecule has 3 aromatic rings. The van der Waals surface area contributed by atoms with E-state index in [1.807, 2.05) is 24.3 Å². The molecular formula is C19H17N5O3. The van der Waals surface area contributed by atoms with E-state index in [0.717, 1.165) is 5.69 Å². The predicted octanol–water partition coefficient (Wildman–Crippen LogP) is 2.74. The summed E-state index contributed by atoms with van der Waals surface area (Å²) in [5, 5.41) is 19.4. The van der Waals surface area contributed by atoms with Crippen LogP contribution >= 0.6 is 0 Å². The van der Waals surface area contributed by atoms with Crippen LogP contribution in [-0.4, -0.2) is 34.6 Å². The van der Waals surface area contributed by atoms with Gasteiger partial charge in [-0.25, -0.2) is 4.68 Å². The van der Waals surface area contributed by atoms with Crippen LogP contribution in [0.15, 0.2) is 48.5 Å². The number of anilines is 1. The highest BCUT2D eigenvalue weighted by Gasteiger charge is 2.18. The number of hydrogen-bond donors (Lipinski definition) is 1. The van der Waals surface area contributed by atoms with Gasteiger partial charge in [-0.05, 0) is 31.2 Å². The van der Waals surface area contributed by atoms with E-state index < -0.39 is 0 Å². The molecule has 0 fully saturated rings. The molecule has 0 unspecified atom stereocenters. The molecule has 0 aliphatic carbocycles. The Morgan fingerprint density at radius 1 is 1.22 bits per heavy atom. The Morgan fingerprint density at radius 3 is 2.78 bits per heavy atom. The lowest BCUT2D eigenvalue weighted by Crippen LogP contribution is -2.14. The number of ether oxygens (including phenoxy) is 2. The number of rotatable bonds is 6. The fourth-order valence-corrected chi connectivity index (χ4v) is 2.50. The van der Waals surface area contributed by atoms with Gasteiger partial charge in [0.1, 0.15) is 17.6 Å². The average molecular weight is 363 g/mol. The summed E-state index contributed by atoms with van der Waals surface area (Å²) in [7, 11) is 1.58. The highest BCUT2D eigenvalue weighted by Crippen LogP contribution is 2.20. The first-order chi connectivity index (χ1) is 13.1. The third-order valence-corrected chi connectivity index (χ3v) is 3.80. The van der Waals surface area contributed by atoms with Gasteiger partial charge in [-0.2, -0.15) is 5.26 Å². The number of nitriles is 1. The van der Waals surface area contributed by atoms with Crippen LogP contribution in [0.2, 0.25) is 0 Å². The molecule has 0 saturated carbocycles. The largest absolute Gasteiger partial charge is 0.497 e. The molecule has 0 atom stereocenters. The summed E-state index contributed by atoms with van der Waals surface area (Å²) in [6.45, 7) is 1.70. The van der Waals surface area contributed by atoms with Gasteiger partial charge in [0.2, 0.25) is 0 Å². The van der Waals surface area contributed by atoms with Crippen LogP contribution in [0.1, 0.15) is 16.2 Å². The molecule has 3 rings (SSSR count). The number of nitrogens with zero attached hydrogens (tertiary/aromatic N) is 4. The molecule has 1 N–H and O–H groups in total. The van der Waals surface area contributed by atoms with E-state index in [1.165, 1.54) is 0 Å². The predicted molar refractivity (Wildman–Crippen MR) is 98.2 cm³/mol. The normalized spacial score (nSPS) is 10.1. The smallest absolute Gasteiger partial charge is 0.278 e. The van der Waals surface area contributed by atoms with Gasteiger partial charge in [0, 0.05) is 17.8 Å². The monoisotopic (exact) mass is 363 g/mol. The lowest BCUT2D eigenvalue weighted by Gasteiger charge is -2.07. The van der Waals surface area contributed by atoms with Crippen LogP contribution in [0.25, 0.3) is 5.69 Å². The first-order valence-corrected chi connectivity index (χ1v) is 8.10. The fourth-order valence-electron chi connectivity index (χ4n) is 2.50. The van der Waals surface area contributed by atoms with E-state index in [-0.39, 0.29) is 18.2 Å². The average Bonchev–Trinajstić information content (AvgIpc) is 3.08. The van der Waals surface area contributed by atoms with Gasteiger partial charge in [0.05, 0.1) is 18.5 Å². The fraction of sp³-hybridized carbons (Fsp3) is 0.158. The van der Waals surface area contributed by atoms with E-state index in [1.54, 1.807) is 49.0 Å². The molecule has 8 nitrogen and oxygen atoms in total. The van der Waals surface area contributed by atoms with Crippen molar-refractivity contribution in [2.75, 3.05) is 19.0 Å². The van der Waals surface area contributed by atoms with Crippen molar-refractivity contribution >= 4 is 11.6 Å². The Morgan fingerprint density at radius 2 is 2.00 bits per heavy atom. The minimum atomic E-state index is -0.390. The van der Waals surface area contributed by atoms with Gasteiger partial charge >= 0.3 is 0 Å². The van der Waals surface area contributed by atoms with Crippen LogP contribution in [-0.2, 0) is 0 Å². The topological polar surface area (TPSA) is 102 Å². The number of aromatic nitrogens is 3. The Kier molecular flexibility index (Phi) is 5.33.